The lowest BCUT2D eigenvalue weighted by atomic mass is 10.2. The molecule has 1 unspecified atom stereocenters. The van der Waals surface area contributed by atoms with Crippen LogP contribution in [0.15, 0.2) is 47.4 Å². The molecule has 0 spiro atoms. The lowest BCUT2D eigenvalue weighted by molar-refractivity contribution is 0.102. The van der Waals surface area contributed by atoms with Gasteiger partial charge in [-0.1, -0.05) is 6.07 Å². The highest BCUT2D eigenvalue weighted by atomic mass is 32.2. The van der Waals surface area contributed by atoms with Crippen LogP contribution in [-0.2, 0) is 19.9 Å². The van der Waals surface area contributed by atoms with E-state index in [9.17, 15) is 21.6 Å². The predicted molar refractivity (Wildman–Crippen MR) is 111 cm³/mol. The molecule has 162 valence electrons. The SMILES string of the molecule is COc1ccc(NC(=O)c2cccc(S(=O)(=O)NC3CCS(=O)(=O)C3)c2)c(OC)c1. The van der Waals surface area contributed by atoms with E-state index in [2.05, 4.69) is 10.0 Å². The Hall–Kier alpha value is -2.63. The number of anilines is 1. The Labute approximate surface area is 175 Å². The molecule has 1 heterocycles. The normalized spacial score (nSPS) is 18.0. The van der Waals surface area contributed by atoms with Crippen molar-refractivity contribution in [1.82, 2.24) is 4.72 Å². The third-order valence-corrected chi connectivity index (χ3v) is 7.90. The van der Waals surface area contributed by atoms with Gasteiger partial charge in [0.1, 0.15) is 11.5 Å². The molecular weight excluding hydrogens is 432 g/mol. The first-order valence-corrected chi connectivity index (χ1v) is 12.3. The van der Waals surface area contributed by atoms with Crippen LogP contribution in [0.25, 0.3) is 0 Å². The highest BCUT2D eigenvalue weighted by molar-refractivity contribution is 7.92. The fourth-order valence-electron chi connectivity index (χ4n) is 3.08. The van der Waals surface area contributed by atoms with E-state index in [0.717, 1.165) is 0 Å². The van der Waals surface area contributed by atoms with Gasteiger partial charge in [0.2, 0.25) is 10.0 Å². The second-order valence-corrected chi connectivity index (χ2v) is 10.7. The third kappa shape index (κ3) is 5.10. The Kier molecular flexibility index (Phi) is 6.34. The molecule has 1 fully saturated rings. The van der Waals surface area contributed by atoms with E-state index < -0.39 is 31.8 Å². The molecule has 30 heavy (non-hydrogen) atoms. The molecule has 3 rings (SSSR count). The Morgan fingerprint density at radius 1 is 1.10 bits per heavy atom. The van der Waals surface area contributed by atoms with Crippen molar-refractivity contribution < 1.29 is 31.1 Å². The van der Waals surface area contributed by atoms with Crippen molar-refractivity contribution in [3.63, 3.8) is 0 Å². The summed E-state index contributed by atoms with van der Waals surface area (Å²) in [6.45, 7) is 0. The van der Waals surface area contributed by atoms with Gasteiger partial charge in [0.25, 0.3) is 5.91 Å². The van der Waals surface area contributed by atoms with Crippen LogP contribution in [0.1, 0.15) is 16.8 Å². The molecule has 1 aliphatic rings. The molecule has 2 aromatic rings. The van der Waals surface area contributed by atoms with Crippen LogP contribution in [0, 0.1) is 0 Å². The molecular formula is C19H22N2O7S2. The summed E-state index contributed by atoms with van der Waals surface area (Å²) in [6, 6.07) is 9.69. The Bertz CT molecular complexity index is 1160. The van der Waals surface area contributed by atoms with Crippen LogP contribution in [0.5, 0.6) is 11.5 Å². The van der Waals surface area contributed by atoms with Gasteiger partial charge in [0.15, 0.2) is 9.84 Å². The number of sulfonamides is 1. The molecule has 1 amide bonds. The molecule has 2 N–H and O–H groups in total. The second-order valence-electron chi connectivity index (χ2n) is 6.77. The summed E-state index contributed by atoms with van der Waals surface area (Å²) in [4.78, 5) is 12.5. The molecule has 9 nitrogen and oxygen atoms in total. The number of hydrogen-bond acceptors (Lipinski definition) is 7. The number of nitrogens with one attached hydrogen (secondary N) is 2. The number of amides is 1. The van der Waals surface area contributed by atoms with Gasteiger partial charge in [-0.2, -0.15) is 0 Å². The average Bonchev–Trinajstić information content (AvgIpc) is 3.05. The van der Waals surface area contributed by atoms with E-state index in [0.29, 0.717) is 17.2 Å². The van der Waals surface area contributed by atoms with Crippen molar-refractivity contribution >= 4 is 31.5 Å². The quantitative estimate of drug-likeness (QED) is 0.648. The molecule has 0 bridgehead atoms. The van der Waals surface area contributed by atoms with Crippen molar-refractivity contribution in [2.45, 2.75) is 17.4 Å². The minimum atomic E-state index is -3.98. The number of carbonyl (C=O) groups excluding carboxylic acids is 1. The van der Waals surface area contributed by atoms with Gasteiger partial charge >= 0.3 is 0 Å². The number of hydrogen-bond donors (Lipinski definition) is 2. The Morgan fingerprint density at radius 2 is 1.87 bits per heavy atom. The smallest absolute Gasteiger partial charge is 0.255 e. The summed E-state index contributed by atoms with van der Waals surface area (Å²) in [5.74, 6) is 0.128. The van der Waals surface area contributed by atoms with Crippen molar-refractivity contribution in [2.75, 3.05) is 31.0 Å². The van der Waals surface area contributed by atoms with Gasteiger partial charge in [0.05, 0.1) is 36.3 Å². The largest absolute Gasteiger partial charge is 0.497 e. The predicted octanol–water partition coefficient (Wildman–Crippen LogP) is 1.42. The van der Waals surface area contributed by atoms with E-state index >= 15 is 0 Å². The Balaban J connectivity index is 1.79. The molecule has 0 aliphatic carbocycles. The van der Waals surface area contributed by atoms with Gasteiger partial charge < -0.3 is 14.8 Å². The molecule has 0 saturated carbocycles. The summed E-state index contributed by atoms with van der Waals surface area (Å²) >= 11 is 0. The monoisotopic (exact) mass is 454 g/mol. The van der Waals surface area contributed by atoms with Gasteiger partial charge in [0, 0.05) is 17.7 Å². The zero-order chi connectivity index (χ0) is 21.9. The van der Waals surface area contributed by atoms with Crippen LogP contribution in [-0.4, -0.2) is 54.5 Å². The maximum Gasteiger partial charge on any atom is 0.255 e. The lowest BCUT2D eigenvalue weighted by Gasteiger charge is -2.13. The highest BCUT2D eigenvalue weighted by Gasteiger charge is 2.31. The number of rotatable bonds is 7. The van der Waals surface area contributed by atoms with Crippen molar-refractivity contribution in [3.8, 4) is 11.5 Å². The number of ether oxygens (including phenoxy) is 2. The third-order valence-electron chi connectivity index (χ3n) is 4.62. The number of carbonyl (C=O) groups is 1. The number of methoxy groups -OCH3 is 2. The van der Waals surface area contributed by atoms with Gasteiger partial charge in [-0.15, -0.1) is 0 Å². The van der Waals surface area contributed by atoms with E-state index in [4.69, 9.17) is 9.47 Å². The fraction of sp³-hybridized carbons (Fsp3) is 0.316. The topological polar surface area (TPSA) is 128 Å². The minimum Gasteiger partial charge on any atom is -0.497 e. The van der Waals surface area contributed by atoms with Gasteiger partial charge in [-0.3, -0.25) is 4.79 Å². The zero-order valence-corrected chi connectivity index (χ0v) is 18.0. The average molecular weight is 455 g/mol. The minimum absolute atomic E-state index is 0.0493. The van der Waals surface area contributed by atoms with Crippen LogP contribution >= 0.6 is 0 Å². The molecule has 1 atom stereocenters. The van der Waals surface area contributed by atoms with Crippen LogP contribution < -0.4 is 19.5 Å². The standard InChI is InChI=1S/C19H22N2O7S2/c1-27-15-6-7-17(18(11-15)28-2)20-19(22)13-4-3-5-16(10-13)30(25,26)21-14-8-9-29(23,24)12-14/h3-7,10-11,14,21H,8-9,12H2,1-2H3,(H,20,22). The van der Waals surface area contributed by atoms with Crippen molar-refractivity contribution in [2.24, 2.45) is 0 Å². The summed E-state index contributed by atoms with van der Waals surface area (Å²) in [6.07, 6.45) is 0.221. The maximum absolute atomic E-state index is 12.7. The van der Waals surface area contributed by atoms with Crippen LogP contribution in [0.4, 0.5) is 5.69 Å². The summed E-state index contributed by atoms with van der Waals surface area (Å²) in [5, 5.41) is 2.68. The van der Waals surface area contributed by atoms with Gasteiger partial charge in [-0.25, -0.2) is 21.6 Å². The molecule has 0 radical (unpaired) electrons. The first-order valence-electron chi connectivity index (χ1n) is 9.00. The highest BCUT2D eigenvalue weighted by Crippen LogP contribution is 2.29. The number of sulfone groups is 1. The molecule has 1 aliphatic heterocycles. The fourth-order valence-corrected chi connectivity index (χ4v) is 6.17. The lowest BCUT2D eigenvalue weighted by Crippen LogP contribution is -2.35. The van der Waals surface area contributed by atoms with Crippen molar-refractivity contribution in [3.05, 3.63) is 48.0 Å². The van der Waals surface area contributed by atoms with Crippen LogP contribution in [0.3, 0.4) is 0 Å². The van der Waals surface area contributed by atoms with E-state index in [1.807, 2.05) is 0 Å². The summed E-state index contributed by atoms with van der Waals surface area (Å²) < 4.78 is 61.2. The van der Waals surface area contributed by atoms with Gasteiger partial charge in [-0.05, 0) is 36.8 Å². The zero-order valence-electron chi connectivity index (χ0n) is 16.4. The molecule has 11 heteroatoms. The van der Waals surface area contributed by atoms with Crippen molar-refractivity contribution in [1.29, 1.82) is 0 Å². The maximum atomic E-state index is 12.7. The molecule has 2 aromatic carbocycles. The van der Waals surface area contributed by atoms with Crippen LogP contribution in [0.2, 0.25) is 0 Å². The first kappa shape index (κ1) is 22.1. The summed E-state index contributed by atoms with van der Waals surface area (Å²) in [7, 11) is -4.25. The second kappa shape index (κ2) is 8.62. The molecule has 0 aromatic heterocycles. The molecule has 1 saturated heterocycles. The Morgan fingerprint density at radius 3 is 2.50 bits per heavy atom. The van der Waals surface area contributed by atoms with E-state index in [1.165, 1.54) is 38.5 Å². The van der Waals surface area contributed by atoms with E-state index in [-0.39, 0.29) is 28.4 Å². The number of benzene rings is 2. The summed E-state index contributed by atoms with van der Waals surface area (Å²) in [5.41, 5.74) is 0.514. The van der Waals surface area contributed by atoms with E-state index in [1.54, 1.807) is 18.2 Å². The first-order chi connectivity index (χ1) is 14.1.